The summed E-state index contributed by atoms with van der Waals surface area (Å²) in [5.41, 5.74) is 0.248. The molecule has 1 rings (SSSR count). The van der Waals surface area contributed by atoms with Crippen molar-refractivity contribution < 1.29 is 4.79 Å². The average Bonchev–Trinajstić information content (AvgIpc) is 2.32. The number of thiazole rings is 1. The lowest BCUT2D eigenvalue weighted by Crippen LogP contribution is -2.08. The topological polar surface area (TPSA) is 30.0 Å². The van der Waals surface area contributed by atoms with Crippen molar-refractivity contribution in [3.8, 4) is 0 Å². The lowest BCUT2D eigenvalue weighted by Gasteiger charge is -2.15. The quantitative estimate of drug-likeness (QED) is 0.659. The van der Waals surface area contributed by atoms with E-state index in [4.69, 9.17) is 0 Å². The molecule has 1 heterocycles. The monoisotopic (exact) mass is 183 g/mol. The van der Waals surface area contributed by atoms with E-state index in [1.54, 1.807) is 6.20 Å². The minimum atomic E-state index is 0.248. The van der Waals surface area contributed by atoms with Gasteiger partial charge >= 0.3 is 0 Å². The molecule has 0 aliphatic carbocycles. The molecule has 0 N–H and O–H groups in total. The van der Waals surface area contributed by atoms with Gasteiger partial charge in [-0.3, -0.25) is 4.79 Å². The van der Waals surface area contributed by atoms with Gasteiger partial charge in [0.1, 0.15) is 0 Å². The molecule has 0 spiro atoms. The van der Waals surface area contributed by atoms with Gasteiger partial charge in [-0.25, -0.2) is 4.98 Å². The van der Waals surface area contributed by atoms with Crippen LogP contribution in [0, 0.1) is 5.41 Å². The van der Waals surface area contributed by atoms with E-state index in [1.807, 2.05) is 0 Å². The van der Waals surface area contributed by atoms with Gasteiger partial charge in [-0.05, 0) is 5.41 Å². The summed E-state index contributed by atoms with van der Waals surface area (Å²) in [5, 5.41) is 1.05. The number of hydrogen-bond acceptors (Lipinski definition) is 3. The van der Waals surface area contributed by atoms with Gasteiger partial charge in [0.05, 0.1) is 9.88 Å². The summed E-state index contributed by atoms with van der Waals surface area (Å²) < 4.78 is 0. The normalized spacial score (nSPS) is 11.6. The van der Waals surface area contributed by atoms with Crippen LogP contribution in [0.1, 0.15) is 35.5 Å². The first kappa shape index (κ1) is 9.39. The molecule has 12 heavy (non-hydrogen) atoms. The molecule has 0 radical (unpaired) electrons. The number of carbonyl (C=O) groups is 1. The van der Waals surface area contributed by atoms with Gasteiger partial charge in [0.2, 0.25) is 0 Å². The minimum Gasteiger partial charge on any atom is -0.297 e. The van der Waals surface area contributed by atoms with Gasteiger partial charge < -0.3 is 0 Å². The van der Waals surface area contributed by atoms with Gasteiger partial charge in [0, 0.05) is 12.6 Å². The van der Waals surface area contributed by atoms with Crippen LogP contribution in [0.3, 0.4) is 0 Å². The summed E-state index contributed by atoms with van der Waals surface area (Å²) >= 11 is 1.48. The number of hydrogen-bond donors (Lipinski definition) is 0. The molecule has 0 atom stereocenters. The molecule has 0 aromatic carbocycles. The fourth-order valence-corrected chi connectivity index (χ4v) is 1.95. The third-order valence-corrected chi connectivity index (χ3v) is 2.29. The van der Waals surface area contributed by atoms with Gasteiger partial charge in [0.15, 0.2) is 6.29 Å². The molecular formula is C9H13NOS. The van der Waals surface area contributed by atoms with Gasteiger partial charge in [-0.1, -0.05) is 20.8 Å². The van der Waals surface area contributed by atoms with Gasteiger partial charge in [-0.2, -0.15) is 0 Å². The van der Waals surface area contributed by atoms with E-state index >= 15 is 0 Å². The zero-order valence-corrected chi connectivity index (χ0v) is 8.44. The average molecular weight is 183 g/mol. The van der Waals surface area contributed by atoms with Crippen LogP contribution in [-0.4, -0.2) is 11.3 Å². The Morgan fingerprint density at radius 3 is 2.67 bits per heavy atom. The van der Waals surface area contributed by atoms with Gasteiger partial charge in [-0.15, -0.1) is 11.3 Å². The van der Waals surface area contributed by atoms with E-state index in [1.165, 1.54) is 11.3 Å². The standard InChI is InChI=1S/C9H13NOS/c1-9(2,3)4-8-10-5-7(6-11)12-8/h5-6H,4H2,1-3H3. The lowest BCUT2D eigenvalue weighted by atomic mass is 9.93. The molecule has 3 heteroatoms. The summed E-state index contributed by atoms with van der Waals surface area (Å²) in [6.07, 6.45) is 3.42. The molecule has 0 bridgehead atoms. The number of rotatable bonds is 2. The summed E-state index contributed by atoms with van der Waals surface area (Å²) in [6.45, 7) is 6.49. The Bertz CT molecular complexity index is 272. The maximum Gasteiger partial charge on any atom is 0.161 e. The van der Waals surface area contributed by atoms with Crippen molar-refractivity contribution in [3.05, 3.63) is 16.1 Å². The summed E-state index contributed by atoms with van der Waals surface area (Å²) in [5.74, 6) is 0. The Hall–Kier alpha value is -0.700. The molecule has 0 fully saturated rings. The molecule has 1 aromatic rings. The van der Waals surface area contributed by atoms with Crippen LogP contribution in [-0.2, 0) is 6.42 Å². The molecule has 0 aliphatic heterocycles. The van der Waals surface area contributed by atoms with E-state index in [9.17, 15) is 4.79 Å². The van der Waals surface area contributed by atoms with E-state index in [0.717, 1.165) is 17.7 Å². The van der Waals surface area contributed by atoms with Crippen LogP contribution in [0.25, 0.3) is 0 Å². The van der Waals surface area contributed by atoms with Crippen LogP contribution in [0.5, 0.6) is 0 Å². The maximum atomic E-state index is 10.4. The maximum absolute atomic E-state index is 10.4. The van der Waals surface area contributed by atoms with Crippen molar-refractivity contribution in [2.45, 2.75) is 27.2 Å². The highest BCUT2D eigenvalue weighted by molar-refractivity contribution is 7.13. The zero-order valence-electron chi connectivity index (χ0n) is 7.63. The van der Waals surface area contributed by atoms with Crippen molar-refractivity contribution >= 4 is 17.6 Å². The third kappa shape index (κ3) is 2.74. The van der Waals surface area contributed by atoms with Gasteiger partial charge in [0.25, 0.3) is 0 Å². The van der Waals surface area contributed by atoms with Crippen molar-refractivity contribution in [2.75, 3.05) is 0 Å². The third-order valence-electron chi connectivity index (χ3n) is 1.37. The summed E-state index contributed by atoms with van der Waals surface area (Å²) in [4.78, 5) is 15.2. The molecular weight excluding hydrogens is 170 g/mol. The van der Waals surface area contributed by atoms with Crippen LogP contribution < -0.4 is 0 Å². The highest BCUT2D eigenvalue weighted by Gasteiger charge is 2.13. The number of aldehydes is 1. The number of aromatic nitrogens is 1. The van der Waals surface area contributed by atoms with Crippen LogP contribution in [0.15, 0.2) is 6.20 Å². The van der Waals surface area contributed by atoms with Crippen molar-refractivity contribution in [1.82, 2.24) is 4.98 Å². The molecule has 0 amide bonds. The molecule has 0 aliphatic rings. The predicted octanol–water partition coefficient (Wildman–Crippen LogP) is 2.54. The molecule has 66 valence electrons. The van der Waals surface area contributed by atoms with E-state index in [0.29, 0.717) is 4.88 Å². The highest BCUT2D eigenvalue weighted by atomic mass is 32.1. The smallest absolute Gasteiger partial charge is 0.161 e. The SMILES string of the molecule is CC(C)(C)Cc1ncc(C=O)s1. The second-order valence-corrected chi connectivity index (χ2v) is 5.16. The first-order valence-electron chi connectivity index (χ1n) is 3.91. The van der Waals surface area contributed by atoms with Crippen molar-refractivity contribution in [2.24, 2.45) is 5.41 Å². The first-order valence-corrected chi connectivity index (χ1v) is 4.73. The first-order chi connectivity index (χ1) is 5.51. The number of carbonyl (C=O) groups excluding carboxylic acids is 1. The Labute approximate surface area is 76.6 Å². The van der Waals surface area contributed by atoms with E-state index < -0.39 is 0 Å². The lowest BCUT2D eigenvalue weighted by molar-refractivity contribution is 0.112. The largest absolute Gasteiger partial charge is 0.297 e. The molecule has 2 nitrogen and oxygen atoms in total. The molecule has 0 unspecified atom stereocenters. The highest BCUT2D eigenvalue weighted by Crippen LogP contribution is 2.22. The molecule has 1 aromatic heterocycles. The fourth-order valence-electron chi connectivity index (χ4n) is 0.914. The Kier molecular flexibility index (Phi) is 2.62. The molecule has 0 saturated carbocycles. The fraction of sp³-hybridized carbons (Fsp3) is 0.556. The van der Waals surface area contributed by atoms with Crippen LogP contribution >= 0.6 is 11.3 Å². The van der Waals surface area contributed by atoms with E-state index in [-0.39, 0.29) is 5.41 Å². The second kappa shape index (κ2) is 3.35. The Morgan fingerprint density at radius 1 is 1.58 bits per heavy atom. The van der Waals surface area contributed by atoms with Crippen molar-refractivity contribution in [3.63, 3.8) is 0 Å². The molecule has 0 saturated heterocycles. The predicted molar refractivity (Wildman–Crippen MR) is 50.7 cm³/mol. The second-order valence-electron chi connectivity index (χ2n) is 4.01. The van der Waals surface area contributed by atoms with E-state index in [2.05, 4.69) is 25.8 Å². The summed E-state index contributed by atoms with van der Waals surface area (Å²) in [6, 6.07) is 0. The Morgan fingerprint density at radius 2 is 2.25 bits per heavy atom. The minimum absolute atomic E-state index is 0.248. The zero-order chi connectivity index (χ0) is 9.19. The van der Waals surface area contributed by atoms with Crippen molar-refractivity contribution in [1.29, 1.82) is 0 Å². The number of nitrogens with zero attached hydrogens (tertiary/aromatic N) is 1. The van der Waals surface area contributed by atoms with Crippen LogP contribution in [0.4, 0.5) is 0 Å². The van der Waals surface area contributed by atoms with Crippen LogP contribution in [0.2, 0.25) is 0 Å². The summed E-state index contributed by atoms with van der Waals surface area (Å²) in [7, 11) is 0. The Balaban J connectivity index is 2.70.